The summed E-state index contributed by atoms with van der Waals surface area (Å²) in [6.45, 7) is 1.79. The summed E-state index contributed by atoms with van der Waals surface area (Å²) in [5.41, 5.74) is 2.53. The maximum atomic E-state index is 12.8. The zero-order valence-electron chi connectivity index (χ0n) is 14.4. The van der Waals surface area contributed by atoms with Crippen molar-refractivity contribution in [2.45, 2.75) is 6.92 Å². The molecule has 1 aliphatic rings. The number of anilines is 1. The van der Waals surface area contributed by atoms with Crippen molar-refractivity contribution in [3.8, 4) is 11.5 Å². The summed E-state index contributed by atoms with van der Waals surface area (Å²) in [7, 11) is 3.14. The van der Waals surface area contributed by atoms with Crippen molar-refractivity contribution in [1.82, 2.24) is 0 Å². The molecule has 26 heavy (non-hydrogen) atoms. The summed E-state index contributed by atoms with van der Waals surface area (Å²) in [5.74, 6) is 0.964. The summed E-state index contributed by atoms with van der Waals surface area (Å²) >= 11 is 9.53. The highest BCUT2D eigenvalue weighted by atomic mass is 79.9. The van der Waals surface area contributed by atoms with Gasteiger partial charge in [-0.15, -0.1) is 0 Å². The first-order valence-corrected chi connectivity index (χ1v) is 8.90. The summed E-state index contributed by atoms with van der Waals surface area (Å²) in [5, 5.41) is 6.26. The summed E-state index contributed by atoms with van der Waals surface area (Å²) in [6, 6.07) is 10.6. The number of amides is 1. The molecule has 1 aliphatic heterocycles. The molecular formula is C19H16BrClN2O3. The van der Waals surface area contributed by atoms with Gasteiger partial charge in [-0.1, -0.05) is 33.6 Å². The Kier molecular flexibility index (Phi) is 5.34. The molecular weight excluding hydrogens is 420 g/mol. The number of halogens is 2. The highest BCUT2D eigenvalue weighted by Crippen LogP contribution is 2.35. The van der Waals surface area contributed by atoms with Crippen molar-refractivity contribution in [2.75, 3.05) is 19.2 Å². The van der Waals surface area contributed by atoms with E-state index in [1.807, 2.05) is 0 Å². The molecule has 0 fully saturated rings. The normalized spacial score (nSPS) is 15.4. The number of carbonyl (C=O) groups is 1. The van der Waals surface area contributed by atoms with Crippen molar-refractivity contribution in [2.24, 2.45) is 5.10 Å². The maximum absolute atomic E-state index is 12.8. The van der Waals surface area contributed by atoms with Crippen LogP contribution in [-0.4, -0.2) is 25.8 Å². The molecule has 0 radical (unpaired) electrons. The minimum atomic E-state index is -0.216. The second kappa shape index (κ2) is 7.51. The zero-order valence-corrected chi connectivity index (χ0v) is 16.8. The van der Waals surface area contributed by atoms with Gasteiger partial charge in [0.15, 0.2) is 11.5 Å². The minimum Gasteiger partial charge on any atom is -0.493 e. The molecule has 3 rings (SSSR count). The number of carbonyl (C=O) groups excluding carboxylic acids is 1. The fourth-order valence-corrected chi connectivity index (χ4v) is 3.22. The maximum Gasteiger partial charge on any atom is 0.280 e. The minimum absolute atomic E-state index is 0.216. The average Bonchev–Trinajstić information content (AvgIpc) is 2.91. The quantitative estimate of drug-likeness (QED) is 0.640. The van der Waals surface area contributed by atoms with Crippen LogP contribution in [0.15, 0.2) is 51.5 Å². The lowest BCUT2D eigenvalue weighted by atomic mass is 10.1. The van der Waals surface area contributed by atoms with Crippen molar-refractivity contribution >= 4 is 50.9 Å². The topological polar surface area (TPSA) is 51.1 Å². The second-order valence-corrected chi connectivity index (χ2v) is 6.86. The van der Waals surface area contributed by atoms with E-state index in [1.165, 1.54) is 5.01 Å². The number of rotatable bonds is 4. The second-order valence-electron chi connectivity index (χ2n) is 5.57. The van der Waals surface area contributed by atoms with E-state index in [2.05, 4.69) is 21.0 Å². The predicted octanol–water partition coefficient (Wildman–Crippen LogP) is 4.93. The van der Waals surface area contributed by atoms with Gasteiger partial charge in [-0.25, -0.2) is 0 Å². The van der Waals surface area contributed by atoms with Gasteiger partial charge in [0, 0.05) is 9.50 Å². The fourth-order valence-electron chi connectivity index (χ4n) is 2.60. The molecule has 0 unspecified atom stereocenters. The van der Waals surface area contributed by atoms with Gasteiger partial charge in [-0.05, 0) is 48.9 Å². The van der Waals surface area contributed by atoms with Crippen LogP contribution in [0.4, 0.5) is 5.69 Å². The van der Waals surface area contributed by atoms with Gasteiger partial charge in [0.2, 0.25) is 0 Å². The van der Waals surface area contributed by atoms with Crippen LogP contribution in [0.2, 0.25) is 5.02 Å². The number of hydrazone groups is 1. The first kappa shape index (κ1) is 18.5. The molecule has 0 atom stereocenters. The lowest BCUT2D eigenvalue weighted by molar-refractivity contribution is -0.114. The van der Waals surface area contributed by atoms with E-state index in [0.29, 0.717) is 33.5 Å². The molecule has 0 saturated carbocycles. The van der Waals surface area contributed by atoms with E-state index in [1.54, 1.807) is 63.6 Å². The SMILES string of the molecule is COc1cc(Br)c(/C=C2/C(=O)N(c3cccc(Cl)c3)N=C2C)cc1OC. The molecule has 0 saturated heterocycles. The van der Waals surface area contributed by atoms with Crippen molar-refractivity contribution in [3.05, 3.63) is 57.0 Å². The Balaban J connectivity index is 2.00. The fraction of sp³-hybridized carbons (Fsp3) is 0.158. The predicted molar refractivity (Wildman–Crippen MR) is 107 cm³/mol. The monoisotopic (exact) mass is 434 g/mol. The van der Waals surface area contributed by atoms with Gasteiger partial charge in [-0.3, -0.25) is 4.79 Å². The Morgan fingerprint density at radius 2 is 1.85 bits per heavy atom. The smallest absolute Gasteiger partial charge is 0.280 e. The van der Waals surface area contributed by atoms with Crippen LogP contribution in [0.5, 0.6) is 11.5 Å². The van der Waals surface area contributed by atoms with E-state index >= 15 is 0 Å². The van der Waals surface area contributed by atoms with Crippen LogP contribution in [0, 0.1) is 0 Å². The van der Waals surface area contributed by atoms with Gasteiger partial charge in [0.1, 0.15) is 0 Å². The first-order chi connectivity index (χ1) is 12.4. The molecule has 0 spiro atoms. The largest absolute Gasteiger partial charge is 0.493 e. The van der Waals surface area contributed by atoms with E-state index < -0.39 is 0 Å². The third kappa shape index (κ3) is 3.48. The van der Waals surface area contributed by atoms with Gasteiger partial charge < -0.3 is 9.47 Å². The number of benzene rings is 2. The van der Waals surface area contributed by atoms with Crippen molar-refractivity contribution in [3.63, 3.8) is 0 Å². The average molecular weight is 436 g/mol. The Labute approximate surface area is 165 Å². The van der Waals surface area contributed by atoms with Gasteiger partial charge >= 0.3 is 0 Å². The molecule has 0 aliphatic carbocycles. The molecule has 0 bridgehead atoms. The summed E-state index contributed by atoms with van der Waals surface area (Å²) < 4.78 is 11.4. The van der Waals surface area contributed by atoms with Crippen molar-refractivity contribution < 1.29 is 14.3 Å². The van der Waals surface area contributed by atoms with Gasteiger partial charge in [0.25, 0.3) is 5.91 Å². The highest BCUT2D eigenvalue weighted by molar-refractivity contribution is 9.10. The van der Waals surface area contributed by atoms with Crippen molar-refractivity contribution in [1.29, 1.82) is 0 Å². The number of hydrogen-bond acceptors (Lipinski definition) is 4. The lowest BCUT2D eigenvalue weighted by Crippen LogP contribution is -2.21. The number of ether oxygens (including phenoxy) is 2. The molecule has 134 valence electrons. The molecule has 7 heteroatoms. The van der Waals surface area contributed by atoms with Crippen LogP contribution >= 0.6 is 27.5 Å². The summed E-state index contributed by atoms with van der Waals surface area (Å²) in [6.07, 6.45) is 1.78. The van der Waals surface area contributed by atoms with Crippen LogP contribution in [-0.2, 0) is 4.79 Å². The number of methoxy groups -OCH3 is 2. The standard InChI is InChI=1S/C19H16BrClN2O3/c1-11-15(7-12-8-17(25-2)18(26-3)10-16(12)20)19(24)23(22-11)14-6-4-5-13(21)9-14/h4-10H,1-3H3/b15-7+. The van der Waals surface area contributed by atoms with E-state index in [4.69, 9.17) is 21.1 Å². The van der Waals surface area contributed by atoms with Crippen LogP contribution < -0.4 is 14.5 Å². The number of hydrogen-bond donors (Lipinski definition) is 0. The Bertz CT molecular complexity index is 940. The third-order valence-electron chi connectivity index (χ3n) is 3.92. The van der Waals surface area contributed by atoms with E-state index in [9.17, 15) is 4.79 Å². The molecule has 2 aromatic carbocycles. The molecule has 1 amide bonds. The van der Waals surface area contributed by atoms with Crippen LogP contribution in [0.1, 0.15) is 12.5 Å². The van der Waals surface area contributed by atoms with E-state index in [0.717, 1.165) is 10.0 Å². The Hall–Kier alpha value is -2.31. The lowest BCUT2D eigenvalue weighted by Gasteiger charge is -2.12. The molecule has 0 aromatic heterocycles. The third-order valence-corrected chi connectivity index (χ3v) is 4.84. The Morgan fingerprint density at radius 1 is 1.15 bits per heavy atom. The van der Waals surface area contributed by atoms with Crippen LogP contribution in [0.3, 0.4) is 0 Å². The number of nitrogens with zero attached hydrogens (tertiary/aromatic N) is 2. The highest BCUT2D eigenvalue weighted by Gasteiger charge is 2.29. The van der Waals surface area contributed by atoms with E-state index in [-0.39, 0.29) is 5.91 Å². The molecule has 0 N–H and O–H groups in total. The molecule has 2 aromatic rings. The van der Waals surface area contributed by atoms with Gasteiger partial charge in [0.05, 0.1) is 31.2 Å². The van der Waals surface area contributed by atoms with Gasteiger partial charge in [-0.2, -0.15) is 10.1 Å². The van der Waals surface area contributed by atoms with Crippen LogP contribution in [0.25, 0.3) is 6.08 Å². The molecule has 5 nitrogen and oxygen atoms in total. The zero-order chi connectivity index (χ0) is 18.8. The molecule has 1 heterocycles. The summed E-state index contributed by atoms with van der Waals surface area (Å²) in [4.78, 5) is 12.8. The first-order valence-electron chi connectivity index (χ1n) is 7.73. The Morgan fingerprint density at radius 3 is 2.50 bits per heavy atom.